The minimum absolute atomic E-state index is 0.0916. The monoisotopic (exact) mass is 380 g/mol. The molecule has 0 aliphatic carbocycles. The Balaban J connectivity index is 1.93. The Morgan fingerprint density at radius 2 is 2.00 bits per heavy atom. The van der Waals surface area contributed by atoms with E-state index in [0.717, 1.165) is 13.0 Å². The van der Waals surface area contributed by atoms with Gasteiger partial charge in [-0.1, -0.05) is 6.92 Å². The first-order chi connectivity index (χ1) is 13.1. The van der Waals surface area contributed by atoms with Crippen molar-refractivity contribution >= 4 is 5.96 Å². The molecule has 6 nitrogen and oxygen atoms in total. The number of hydrogen-bond acceptors (Lipinski definition) is 3. The average molecular weight is 380 g/mol. The van der Waals surface area contributed by atoms with Crippen LogP contribution in [0.2, 0.25) is 0 Å². The summed E-state index contributed by atoms with van der Waals surface area (Å²) in [7, 11) is 1.66. The Kier molecular flexibility index (Phi) is 8.41. The third-order valence-electron chi connectivity index (χ3n) is 3.73. The summed E-state index contributed by atoms with van der Waals surface area (Å²) in [5, 5.41) is 6.29. The van der Waals surface area contributed by atoms with Crippen LogP contribution in [0, 0.1) is 0 Å². The van der Waals surface area contributed by atoms with Crippen molar-refractivity contribution in [3.8, 4) is 11.5 Å². The molecule has 0 saturated carbocycles. The van der Waals surface area contributed by atoms with Gasteiger partial charge in [-0.15, -0.1) is 0 Å². The van der Waals surface area contributed by atoms with Gasteiger partial charge in [0.2, 0.25) is 0 Å². The van der Waals surface area contributed by atoms with E-state index in [0.29, 0.717) is 37.0 Å². The predicted molar refractivity (Wildman–Crippen MR) is 101 cm³/mol. The summed E-state index contributed by atoms with van der Waals surface area (Å²) in [5.41, 5.74) is 0.590. The summed E-state index contributed by atoms with van der Waals surface area (Å²) >= 11 is 0. The Labute approximate surface area is 158 Å². The number of alkyl halides is 2. The second-order valence-corrected chi connectivity index (χ2v) is 5.77. The van der Waals surface area contributed by atoms with Gasteiger partial charge in [0.25, 0.3) is 0 Å². The number of benzene rings is 1. The lowest BCUT2D eigenvalue weighted by molar-refractivity contribution is -0.0505. The molecule has 0 aliphatic heterocycles. The van der Waals surface area contributed by atoms with Crippen LogP contribution < -0.4 is 20.1 Å². The first-order valence-corrected chi connectivity index (χ1v) is 8.88. The minimum Gasteiger partial charge on any atom is -0.493 e. The summed E-state index contributed by atoms with van der Waals surface area (Å²) in [6, 6.07) is 8.87. The quantitative estimate of drug-likeness (QED) is 0.491. The number of aromatic nitrogens is 1. The predicted octanol–water partition coefficient (Wildman–Crippen LogP) is 3.24. The molecule has 0 saturated heterocycles. The number of rotatable bonds is 10. The highest BCUT2D eigenvalue weighted by atomic mass is 19.3. The van der Waals surface area contributed by atoms with Crippen LogP contribution in [0.25, 0.3) is 0 Å². The molecule has 1 heterocycles. The van der Waals surface area contributed by atoms with Crippen LogP contribution in [-0.2, 0) is 13.1 Å². The SMILES string of the molecule is CCCOc1ccc(CNC(=NC)NCCn2cccc2)c(OC(F)F)c1. The number of guanidine groups is 1. The molecule has 0 bridgehead atoms. The first kappa shape index (κ1) is 20.5. The fourth-order valence-corrected chi connectivity index (χ4v) is 2.42. The lowest BCUT2D eigenvalue weighted by Gasteiger charge is -2.16. The molecule has 0 radical (unpaired) electrons. The van der Waals surface area contributed by atoms with Crippen molar-refractivity contribution < 1.29 is 18.3 Å². The van der Waals surface area contributed by atoms with Crippen molar-refractivity contribution in [3.63, 3.8) is 0 Å². The molecular weight excluding hydrogens is 354 g/mol. The van der Waals surface area contributed by atoms with Crippen molar-refractivity contribution in [2.45, 2.75) is 33.0 Å². The van der Waals surface area contributed by atoms with Crippen LogP contribution in [0.1, 0.15) is 18.9 Å². The molecule has 148 valence electrons. The molecule has 2 N–H and O–H groups in total. The van der Waals surface area contributed by atoms with Crippen LogP contribution in [0.3, 0.4) is 0 Å². The van der Waals surface area contributed by atoms with Crippen molar-refractivity contribution in [2.24, 2.45) is 4.99 Å². The fourth-order valence-electron chi connectivity index (χ4n) is 2.42. The average Bonchev–Trinajstić information content (AvgIpc) is 3.16. The smallest absolute Gasteiger partial charge is 0.387 e. The molecule has 0 atom stereocenters. The summed E-state index contributed by atoms with van der Waals surface area (Å²) in [4.78, 5) is 4.14. The number of halogens is 2. The van der Waals surface area contributed by atoms with Crippen LogP contribution in [-0.4, -0.2) is 37.3 Å². The number of aliphatic imine (C=N–C) groups is 1. The Morgan fingerprint density at radius 1 is 1.22 bits per heavy atom. The van der Waals surface area contributed by atoms with Crippen molar-refractivity contribution in [2.75, 3.05) is 20.2 Å². The van der Waals surface area contributed by atoms with Gasteiger partial charge in [0.05, 0.1) is 6.61 Å². The van der Waals surface area contributed by atoms with Gasteiger partial charge in [-0.3, -0.25) is 4.99 Å². The van der Waals surface area contributed by atoms with Crippen molar-refractivity contribution in [1.29, 1.82) is 0 Å². The maximum atomic E-state index is 12.7. The van der Waals surface area contributed by atoms with E-state index in [4.69, 9.17) is 4.74 Å². The molecule has 27 heavy (non-hydrogen) atoms. The van der Waals surface area contributed by atoms with E-state index in [1.807, 2.05) is 36.0 Å². The maximum absolute atomic E-state index is 12.7. The number of ether oxygens (including phenoxy) is 2. The Hall–Kier alpha value is -2.77. The number of nitrogens with one attached hydrogen (secondary N) is 2. The lowest BCUT2D eigenvalue weighted by Crippen LogP contribution is -2.38. The van der Waals surface area contributed by atoms with Gasteiger partial charge in [-0.25, -0.2) is 0 Å². The van der Waals surface area contributed by atoms with Crippen LogP contribution >= 0.6 is 0 Å². The third-order valence-corrected chi connectivity index (χ3v) is 3.73. The van der Waals surface area contributed by atoms with E-state index < -0.39 is 6.61 Å². The van der Waals surface area contributed by atoms with Crippen LogP contribution in [0.15, 0.2) is 47.7 Å². The largest absolute Gasteiger partial charge is 0.493 e. The summed E-state index contributed by atoms with van der Waals surface area (Å²) in [6.45, 7) is 1.35. The molecule has 2 aromatic rings. The third kappa shape index (κ3) is 7.16. The molecule has 0 aliphatic rings. The van der Waals surface area contributed by atoms with Gasteiger partial charge in [0.15, 0.2) is 5.96 Å². The molecule has 2 rings (SSSR count). The highest BCUT2D eigenvalue weighted by Gasteiger charge is 2.12. The zero-order valence-corrected chi connectivity index (χ0v) is 15.6. The molecule has 0 fully saturated rings. The normalized spacial score (nSPS) is 11.5. The standard InChI is InChI=1S/C19H26F2N4O2/c1-3-12-26-16-7-6-15(17(13-16)27-18(20)21)14-24-19(22-2)23-8-11-25-9-4-5-10-25/h4-7,9-10,13,18H,3,8,11-12,14H2,1-2H3,(H2,22,23,24). The fraction of sp³-hybridized carbons (Fsp3) is 0.421. The molecule has 0 spiro atoms. The first-order valence-electron chi connectivity index (χ1n) is 8.88. The highest BCUT2D eigenvalue weighted by Crippen LogP contribution is 2.26. The number of nitrogens with zero attached hydrogens (tertiary/aromatic N) is 2. The van der Waals surface area contributed by atoms with E-state index in [1.165, 1.54) is 6.07 Å². The van der Waals surface area contributed by atoms with E-state index in [-0.39, 0.29) is 5.75 Å². The lowest BCUT2D eigenvalue weighted by atomic mass is 10.2. The summed E-state index contributed by atoms with van der Waals surface area (Å²) < 4.78 is 37.6. The molecule has 0 amide bonds. The Morgan fingerprint density at radius 3 is 2.67 bits per heavy atom. The van der Waals surface area contributed by atoms with Gasteiger partial charge in [0.1, 0.15) is 11.5 Å². The highest BCUT2D eigenvalue weighted by molar-refractivity contribution is 5.79. The van der Waals surface area contributed by atoms with Crippen LogP contribution in [0.4, 0.5) is 8.78 Å². The maximum Gasteiger partial charge on any atom is 0.387 e. The molecular formula is C19H26F2N4O2. The van der Waals surface area contributed by atoms with E-state index in [1.54, 1.807) is 19.2 Å². The zero-order valence-electron chi connectivity index (χ0n) is 15.6. The van der Waals surface area contributed by atoms with Gasteiger partial charge in [-0.05, 0) is 30.7 Å². The topological polar surface area (TPSA) is 59.8 Å². The van der Waals surface area contributed by atoms with Crippen LogP contribution in [0.5, 0.6) is 11.5 Å². The van der Waals surface area contributed by atoms with Gasteiger partial charge < -0.3 is 24.7 Å². The van der Waals surface area contributed by atoms with E-state index in [9.17, 15) is 8.78 Å². The van der Waals surface area contributed by atoms with Crippen molar-refractivity contribution in [1.82, 2.24) is 15.2 Å². The molecule has 1 aromatic heterocycles. The van der Waals surface area contributed by atoms with E-state index >= 15 is 0 Å². The molecule has 0 unspecified atom stereocenters. The second-order valence-electron chi connectivity index (χ2n) is 5.77. The minimum atomic E-state index is -2.90. The summed E-state index contributed by atoms with van der Waals surface area (Å²) in [5.74, 6) is 1.18. The zero-order chi connectivity index (χ0) is 19.5. The van der Waals surface area contributed by atoms with Crippen molar-refractivity contribution in [3.05, 3.63) is 48.3 Å². The van der Waals surface area contributed by atoms with Gasteiger partial charge in [0, 0.05) is 50.7 Å². The Bertz CT molecular complexity index is 706. The molecule has 1 aromatic carbocycles. The summed E-state index contributed by atoms with van der Waals surface area (Å²) in [6.07, 6.45) is 4.79. The van der Waals surface area contributed by atoms with E-state index in [2.05, 4.69) is 20.4 Å². The van der Waals surface area contributed by atoms with Gasteiger partial charge >= 0.3 is 6.61 Å². The number of hydrogen-bond donors (Lipinski definition) is 2. The second kappa shape index (κ2) is 11.1. The van der Waals surface area contributed by atoms with Gasteiger partial charge in [-0.2, -0.15) is 8.78 Å². The molecule has 8 heteroatoms.